The van der Waals surface area contributed by atoms with Crippen LogP contribution in [0.1, 0.15) is 21.1 Å². The van der Waals surface area contributed by atoms with Gasteiger partial charge in [-0.15, -0.1) is 0 Å². The van der Waals surface area contributed by atoms with Gasteiger partial charge in [0.2, 0.25) is 5.82 Å². The summed E-state index contributed by atoms with van der Waals surface area (Å²) >= 11 is 0. The number of ether oxygens (including phenoxy) is 1. The third-order valence-corrected chi connectivity index (χ3v) is 4.69. The molecule has 7 nitrogen and oxygen atoms in total. The van der Waals surface area contributed by atoms with Crippen LogP contribution in [0.2, 0.25) is 0 Å². The first kappa shape index (κ1) is 17.2. The van der Waals surface area contributed by atoms with Gasteiger partial charge in [0.15, 0.2) is 5.69 Å². The summed E-state index contributed by atoms with van der Waals surface area (Å²) < 4.78 is 6.99. The van der Waals surface area contributed by atoms with Crippen LogP contribution in [0.15, 0.2) is 54.7 Å². The molecule has 0 N–H and O–H groups in total. The standard InChI is InChI=1S/C20H20N4O3/c1-22(15-7-3-2-4-8-15)20(26)18-21-17(16-9-5-6-10-24(16)18)19(25)23-11-13-27-14-12-23/h2-10H,11-14H2,1H3. The molecular formula is C20H20N4O3. The molecule has 1 aliphatic rings. The minimum atomic E-state index is -0.275. The predicted octanol–water partition coefficient (Wildman–Crippen LogP) is 2.08. The monoisotopic (exact) mass is 364 g/mol. The van der Waals surface area contributed by atoms with Crippen molar-refractivity contribution in [1.29, 1.82) is 0 Å². The van der Waals surface area contributed by atoms with Crippen molar-refractivity contribution in [2.24, 2.45) is 0 Å². The smallest absolute Gasteiger partial charge is 0.294 e. The van der Waals surface area contributed by atoms with Crippen LogP contribution in [0.25, 0.3) is 5.52 Å². The number of nitrogens with zero attached hydrogens (tertiary/aromatic N) is 4. The van der Waals surface area contributed by atoms with E-state index in [0.717, 1.165) is 5.69 Å². The molecule has 0 bridgehead atoms. The summed E-state index contributed by atoms with van der Waals surface area (Å²) in [5, 5.41) is 0. The lowest BCUT2D eigenvalue weighted by atomic mass is 10.3. The van der Waals surface area contributed by atoms with E-state index in [1.807, 2.05) is 42.5 Å². The molecule has 3 heterocycles. The molecule has 0 radical (unpaired) electrons. The largest absolute Gasteiger partial charge is 0.378 e. The minimum Gasteiger partial charge on any atom is -0.378 e. The number of carbonyl (C=O) groups is 2. The van der Waals surface area contributed by atoms with Crippen molar-refractivity contribution >= 4 is 23.0 Å². The van der Waals surface area contributed by atoms with Crippen LogP contribution in [0.3, 0.4) is 0 Å². The molecular weight excluding hydrogens is 344 g/mol. The maximum absolute atomic E-state index is 13.1. The highest BCUT2D eigenvalue weighted by Crippen LogP contribution is 2.19. The first-order valence-electron chi connectivity index (χ1n) is 8.84. The van der Waals surface area contributed by atoms with Crippen LogP contribution >= 0.6 is 0 Å². The van der Waals surface area contributed by atoms with E-state index in [-0.39, 0.29) is 17.6 Å². The molecule has 1 fully saturated rings. The molecule has 0 unspecified atom stereocenters. The molecule has 0 aliphatic carbocycles. The van der Waals surface area contributed by atoms with E-state index in [9.17, 15) is 9.59 Å². The van der Waals surface area contributed by atoms with Crippen LogP contribution < -0.4 is 4.90 Å². The van der Waals surface area contributed by atoms with Gasteiger partial charge in [0.25, 0.3) is 11.8 Å². The number of carbonyl (C=O) groups excluding carboxylic acids is 2. The predicted molar refractivity (Wildman–Crippen MR) is 101 cm³/mol. The molecule has 2 amide bonds. The summed E-state index contributed by atoms with van der Waals surface area (Å²) in [5.41, 5.74) is 1.68. The fourth-order valence-corrected chi connectivity index (χ4v) is 3.18. The summed E-state index contributed by atoms with van der Waals surface area (Å²) in [5.74, 6) is -0.236. The molecule has 1 aliphatic heterocycles. The van der Waals surface area contributed by atoms with Gasteiger partial charge in [0, 0.05) is 32.0 Å². The Morgan fingerprint density at radius 2 is 1.74 bits per heavy atom. The maximum atomic E-state index is 13.1. The maximum Gasteiger partial charge on any atom is 0.294 e. The van der Waals surface area contributed by atoms with Gasteiger partial charge in [-0.3, -0.25) is 14.0 Å². The Kier molecular flexibility index (Phi) is 4.60. The van der Waals surface area contributed by atoms with Crippen molar-refractivity contribution in [3.63, 3.8) is 0 Å². The van der Waals surface area contributed by atoms with Crippen LogP contribution in [0, 0.1) is 0 Å². The SMILES string of the molecule is CN(C(=O)c1nc(C(=O)N2CCOCC2)c2ccccn12)c1ccccc1. The number of aromatic nitrogens is 2. The Morgan fingerprint density at radius 3 is 2.48 bits per heavy atom. The zero-order chi connectivity index (χ0) is 18.8. The average Bonchev–Trinajstić information content (AvgIpc) is 3.13. The van der Waals surface area contributed by atoms with Crippen LogP contribution in [-0.4, -0.2) is 59.4 Å². The number of hydrogen-bond donors (Lipinski definition) is 0. The molecule has 4 rings (SSSR count). The molecule has 0 saturated carbocycles. The third-order valence-electron chi connectivity index (χ3n) is 4.69. The molecule has 0 atom stereocenters. The van der Waals surface area contributed by atoms with E-state index < -0.39 is 0 Å². The molecule has 3 aromatic rings. The number of anilines is 1. The van der Waals surface area contributed by atoms with Crippen molar-refractivity contribution in [2.75, 3.05) is 38.3 Å². The van der Waals surface area contributed by atoms with Crippen molar-refractivity contribution in [3.8, 4) is 0 Å². The Morgan fingerprint density at radius 1 is 1.04 bits per heavy atom. The average molecular weight is 364 g/mol. The minimum absolute atomic E-state index is 0.177. The molecule has 7 heteroatoms. The lowest BCUT2D eigenvalue weighted by Gasteiger charge is -2.26. The van der Waals surface area contributed by atoms with Crippen LogP contribution in [0.4, 0.5) is 5.69 Å². The first-order valence-corrected chi connectivity index (χ1v) is 8.84. The zero-order valence-corrected chi connectivity index (χ0v) is 15.0. The van der Waals surface area contributed by atoms with Gasteiger partial charge in [-0.25, -0.2) is 4.98 Å². The van der Waals surface area contributed by atoms with E-state index in [4.69, 9.17) is 4.74 Å². The number of amides is 2. The van der Waals surface area contributed by atoms with E-state index in [0.29, 0.717) is 37.5 Å². The molecule has 138 valence electrons. The van der Waals surface area contributed by atoms with Crippen molar-refractivity contribution in [2.45, 2.75) is 0 Å². The van der Waals surface area contributed by atoms with Gasteiger partial charge in [-0.1, -0.05) is 24.3 Å². The van der Waals surface area contributed by atoms with Gasteiger partial charge in [-0.2, -0.15) is 0 Å². The van der Waals surface area contributed by atoms with E-state index in [1.165, 1.54) is 4.90 Å². The fraction of sp³-hybridized carbons (Fsp3) is 0.250. The third kappa shape index (κ3) is 3.17. The van der Waals surface area contributed by atoms with Gasteiger partial charge in [-0.05, 0) is 24.3 Å². The Bertz CT molecular complexity index is 977. The van der Waals surface area contributed by atoms with Crippen LogP contribution in [0.5, 0.6) is 0 Å². The molecule has 27 heavy (non-hydrogen) atoms. The highest BCUT2D eigenvalue weighted by Gasteiger charge is 2.27. The van der Waals surface area contributed by atoms with Gasteiger partial charge in [0.1, 0.15) is 0 Å². The van der Waals surface area contributed by atoms with Crippen molar-refractivity contribution in [3.05, 3.63) is 66.2 Å². The summed E-state index contributed by atoms with van der Waals surface area (Å²) in [6.45, 7) is 2.08. The lowest BCUT2D eigenvalue weighted by molar-refractivity contribution is 0.0300. The Balaban J connectivity index is 1.73. The number of morpholine rings is 1. The number of imidazole rings is 1. The second-order valence-electron chi connectivity index (χ2n) is 6.34. The summed E-state index contributed by atoms with van der Waals surface area (Å²) in [4.78, 5) is 33.7. The highest BCUT2D eigenvalue weighted by molar-refractivity contribution is 6.07. The summed E-state index contributed by atoms with van der Waals surface area (Å²) in [7, 11) is 1.70. The summed E-state index contributed by atoms with van der Waals surface area (Å²) in [6.07, 6.45) is 1.75. The first-order chi connectivity index (χ1) is 13.2. The highest BCUT2D eigenvalue weighted by atomic mass is 16.5. The number of para-hydroxylation sites is 1. The van der Waals surface area contributed by atoms with Crippen LogP contribution in [-0.2, 0) is 4.74 Å². The number of hydrogen-bond acceptors (Lipinski definition) is 4. The number of benzene rings is 1. The second kappa shape index (κ2) is 7.20. The number of rotatable bonds is 3. The Hall–Kier alpha value is -3.19. The fourth-order valence-electron chi connectivity index (χ4n) is 3.18. The van der Waals surface area contributed by atoms with Gasteiger partial charge < -0.3 is 14.5 Å². The molecule has 1 aromatic carbocycles. The topological polar surface area (TPSA) is 67.2 Å². The summed E-state index contributed by atoms with van der Waals surface area (Å²) in [6, 6.07) is 14.8. The van der Waals surface area contributed by atoms with E-state index >= 15 is 0 Å². The molecule has 0 spiro atoms. The quantitative estimate of drug-likeness (QED) is 0.714. The zero-order valence-electron chi connectivity index (χ0n) is 15.0. The van der Waals surface area contributed by atoms with Gasteiger partial charge in [0.05, 0.1) is 18.7 Å². The van der Waals surface area contributed by atoms with Crippen molar-refractivity contribution < 1.29 is 14.3 Å². The Labute approximate surface area is 156 Å². The lowest BCUT2D eigenvalue weighted by Crippen LogP contribution is -2.41. The normalized spacial score (nSPS) is 14.3. The van der Waals surface area contributed by atoms with Gasteiger partial charge >= 0.3 is 0 Å². The van der Waals surface area contributed by atoms with Crippen molar-refractivity contribution in [1.82, 2.24) is 14.3 Å². The molecule has 2 aromatic heterocycles. The number of pyridine rings is 1. The number of fused-ring (bicyclic) bond motifs is 1. The second-order valence-corrected chi connectivity index (χ2v) is 6.34. The molecule has 1 saturated heterocycles. The van der Waals surface area contributed by atoms with E-state index in [1.54, 1.807) is 28.6 Å². The van der Waals surface area contributed by atoms with E-state index in [2.05, 4.69) is 4.98 Å².